The first-order valence-corrected chi connectivity index (χ1v) is 11.6. The van der Waals surface area contributed by atoms with Gasteiger partial charge in [-0.05, 0) is 31.6 Å². The largest absolute Gasteiger partial charge is 0.451 e. The molecule has 2 N–H and O–H groups in total. The monoisotopic (exact) mass is 528 g/mol. The molecule has 1 aliphatic heterocycles. The van der Waals surface area contributed by atoms with Gasteiger partial charge in [0.2, 0.25) is 17.4 Å². The molecule has 3 heterocycles. The van der Waals surface area contributed by atoms with Crippen molar-refractivity contribution in [2.75, 3.05) is 18.8 Å². The van der Waals surface area contributed by atoms with Crippen molar-refractivity contribution in [2.45, 2.75) is 19.4 Å². The first-order valence-electron chi connectivity index (χ1n) is 11.6. The van der Waals surface area contributed by atoms with E-state index in [2.05, 4.69) is 26.5 Å². The second-order valence-electron chi connectivity index (χ2n) is 8.67. The van der Waals surface area contributed by atoms with Gasteiger partial charge < -0.3 is 15.4 Å². The van der Waals surface area contributed by atoms with E-state index in [1.807, 2.05) is 19.1 Å². The fourth-order valence-corrected chi connectivity index (χ4v) is 4.45. The van der Waals surface area contributed by atoms with Crippen LogP contribution in [-0.2, 0) is 0 Å². The van der Waals surface area contributed by atoms with Gasteiger partial charge in [-0.2, -0.15) is 13.9 Å². The molecule has 7 nitrogen and oxygen atoms in total. The zero-order chi connectivity index (χ0) is 27.1. The van der Waals surface area contributed by atoms with Gasteiger partial charge in [0.1, 0.15) is 29.4 Å². The molecule has 0 unspecified atom stereocenters. The van der Waals surface area contributed by atoms with Crippen LogP contribution in [-0.4, -0.2) is 37.7 Å². The highest BCUT2D eigenvalue weighted by atomic mass is 19.2. The molecule has 0 spiro atoms. The second-order valence-corrected chi connectivity index (χ2v) is 8.67. The van der Waals surface area contributed by atoms with E-state index in [0.717, 1.165) is 24.7 Å². The van der Waals surface area contributed by atoms with E-state index in [-0.39, 0.29) is 29.2 Å². The molecule has 4 aromatic rings. The predicted octanol–water partition coefficient (Wildman–Crippen LogP) is 5.90. The van der Waals surface area contributed by atoms with Crippen molar-refractivity contribution in [2.24, 2.45) is 0 Å². The van der Waals surface area contributed by atoms with Crippen molar-refractivity contribution in [3.8, 4) is 22.8 Å². The summed E-state index contributed by atoms with van der Waals surface area (Å²) in [6.07, 6.45) is 5.83. The van der Waals surface area contributed by atoms with Gasteiger partial charge in [0.15, 0.2) is 17.3 Å². The van der Waals surface area contributed by atoms with Crippen LogP contribution in [0.15, 0.2) is 55.0 Å². The topological polar surface area (TPSA) is 82.1 Å². The van der Waals surface area contributed by atoms with Crippen molar-refractivity contribution in [3.63, 3.8) is 0 Å². The molecule has 0 amide bonds. The third kappa shape index (κ3) is 4.31. The molecule has 2 aromatic heterocycles. The average molecular weight is 528 g/mol. The van der Waals surface area contributed by atoms with Crippen LogP contribution in [0.3, 0.4) is 0 Å². The number of anilines is 1. The number of hydrogen-bond acceptors (Lipinski definition) is 6. The summed E-state index contributed by atoms with van der Waals surface area (Å²) in [5.74, 6) is -9.31. The van der Waals surface area contributed by atoms with Gasteiger partial charge in [-0.1, -0.05) is 12.7 Å². The minimum atomic E-state index is -1.74. The van der Waals surface area contributed by atoms with E-state index in [1.54, 1.807) is 4.68 Å². The van der Waals surface area contributed by atoms with Crippen LogP contribution in [0.1, 0.15) is 19.4 Å². The van der Waals surface area contributed by atoms with Gasteiger partial charge in [0.25, 0.3) is 0 Å². The summed E-state index contributed by atoms with van der Waals surface area (Å²) in [4.78, 5) is 10.4. The number of benzene rings is 2. The molecule has 196 valence electrons. The Labute approximate surface area is 213 Å². The third-order valence-electron chi connectivity index (χ3n) is 6.28. The summed E-state index contributed by atoms with van der Waals surface area (Å²) < 4.78 is 77.0. The van der Waals surface area contributed by atoms with Crippen molar-refractivity contribution < 1.29 is 26.7 Å². The molecule has 38 heavy (non-hydrogen) atoms. The van der Waals surface area contributed by atoms with E-state index in [1.165, 1.54) is 18.5 Å². The Morgan fingerprint density at radius 2 is 1.82 bits per heavy atom. The molecule has 12 heteroatoms. The number of ether oxygens (including phenoxy) is 1. The Hall–Kier alpha value is -4.48. The normalized spacial score (nSPS) is 15.6. The quantitative estimate of drug-likeness (QED) is 0.191. The second kappa shape index (κ2) is 9.77. The van der Waals surface area contributed by atoms with Crippen molar-refractivity contribution >= 4 is 16.9 Å². The Kier molecular flexibility index (Phi) is 6.47. The number of likely N-dealkylation sites (tertiary alicyclic amines) is 1. The molecule has 0 saturated carbocycles. The maximum absolute atomic E-state index is 15.3. The maximum Gasteiger partial charge on any atom is 0.204 e. The summed E-state index contributed by atoms with van der Waals surface area (Å²) in [7, 11) is 0. The lowest BCUT2D eigenvalue weighted by atomic mass is 10.1. The van der Waals surface area contributed by atoms with E-state index >= 15 is 4.39 Å². The highest BCUT2D eigenvalue weighted by Gasteiger charge is 2.29. The minimum Gasteiger partial charge on any atom is -0.451 e. The third-order valence-corrected chi connectivity index (χ3v) is 6.28. The summed E-state index contributed by atoms with van der Waals surface area (Å²) >= 11 is 0. The number of nitrogen functional groups attached to an aromatic ring is 1. The molecule has 5 rings (SSSR count). The lowest BCUT2D eigenvalue weighted by Gasteiger charge is -2.18. The van der Waals surface area contributed by atoms with Gasteiger partial charge in [0.05, 0.1) is 11.4 Å². The van der Waals surface area contributed by atoms with E-state index in [4.69, 9.17) is 10.5 Å². The number of allylic oxidation sites excluding steroid dienone is 2. The van der Waals surface area contributed by atoms with Crippen molar-refractivity contribution in [1.82, 2.24) is 24.6 Å². The van der Waals surface area contributed by atoms with Gasteiger partial charge >= 0.3 is 0 Å². The minimum absolute atomic E-state index is 0.0119. The maximum atomic E-state index is 15.3. The molecule has 0 radical (unpaired) electrons. The summed E-state index contributed by atoms with van der Waals surface area (Å²) in [5, 5.41) is 4.96. The molecule has 1 fully saturated rings. The standard InChI is InChI=1S/C26H21F5N6O/c1-3-4-13(2)36-8-7-14(11-36)37-26-20(25(32)33-12-34-26)23(35-37)16-6-5-15(9-17(16)27)38-24-21(30)18(28)10-19(29)22(24)31/h3-6,9-10,12,14H,2,7-8,11H2,1H3,(H2,32,33,34)/b4-3+/t14-/m1/s1. The fraction of sp³-hybridized carbons (Fsp3) is 0.192. The van der Waals surface area contributed by atoms with Crippen LogP contribution >= 0.6 is 0 Å². The van der Waals surface area contributed by atoms with Gasteiger partial charge in [-0.25, -0.2) is 27.8 Å². The Bertz CT molecular complexity index is 1580. The van der Waals surface area contributed by atoms with E-state index in [9.17, 15) is 17.6 Å². The van der Waals surface area contributed by atoms with E-state index in [0.29, 0.717) is 17.6 Å². The molecular weight excluding hydrogens is 507 g/mol. The lowest BCUT2D eigenvalue weighted by molar-refractivity contribution is 0.365. The van der Waals surface area contributed by atoms with Crippen LogP contribution in [0, 0.1) is 29.1 Å². The first kappa shape index (κ1) is 25.2. The molecule has 0 aliphatic carbocycles. The number of hydrogen-bond donors (Lipinski definition) is 1. The zero-order valence-corrected chi connectivity index (χ0v) is 20.1. The molecule has 1 saturated heterocycles. The molecule has 1 aliphatic rings. The lowest BCUT2D eigenvalue weighted by Crippen LogP contribution is -2.20. The van der Waals surface area contributed by atoms with Crippen LogP contribution in [0.25, 0.3) is 22.3 Å². The summed E-state index contributed by atoms with van der Waals surface area (Å²) in [6, 6.07) is 3.20. The highest BCUT2D eigenvalue weighted by molar-refractivity contribution is 5.98. The summed E-state index contributed by atoms with van der Waals surface area (Å²) in [6.45, 7) is 7.30. The van der Waals surface area contributed by atoms with Crippen molar-refractivity contribution in [1.29, 1.82) is 0 Å². The Morgan fingerprint density at radius 1 is 1.08 bits per heavy atom. The predicted molar refractivity (Wildman–Crippen MR) is 131 cm³/mol. The molecule has 0 bridgehead atoms. The number of fused-ring (bicyclic) bond motifs is 1. The average Bonchev–Trinajstić information content (AvgIpc) is 3.52. The Morgan fingerprint density at radius 3 is 2.50 bits per heavy atom. The fourth-order valence-electron chi connectivity index (χ4n) is 4.45. The smallest absolute Gasteiger partial charge is 0.204 e. The number of halogens is 5. The van der Waals surface area contributed by atoms with Gasteiger partial charge in [-0.3, -0.25) is 0 Å². The molecule has 2 aromatic carbocycles. The summed E-state index contributed by atoms with van der Waals surface area (Å²) in [5.41, 5.74) is 7.54. The SMILES string of the molecule is C=C(/C=C/C)N1CC[C@@H](n2nc(-c3ccc(Oc4c(F)c(F)cc(F)c4F)cc3F)c3c(N)ncnc32)C1. The number of nitrogens with zero attached hydrogens (tertiary/aromatic N) is 5. The molecule has 1 atom stereocenters. The van der Waals surface area contributed by atoms with E-state index < -0.39 is 40.6 Å². The van der Waals surface area contributed by atoms with Crippen LogP contribution in [0.4, 0.5) is 27.8 Å². The van der Waals surface area contributed by atoms with Crippen LogP contribution in [0.5, 0.6) is 11.5 Å². The van der Waals surface area contributed by atoms with Crippen molar-refractivity contribution in [3.05, 3.63) is 84.1 Å². The highest BCUT2D eigenvalue weighted by Crippen LogP contribution is 2.37. The zero-order valence-electron chi connectivity index (χ0n) is 20.1. The number of nitrogens with two attached hydrogens (primary N) is 1. The van der Waals surface area contributed by atoms with Gasteiger partial charge in [0, 0.05) is 36.5 Å². The number of rotatable bonds is 6. The number of aromatic nitrogens is 4. The van der Waals surface area contributed by atoms with Gasteiger partial charge in [-0.15, -0.1) is 0 Å². The molecular formula is C26H21F5N6O. The Balaban J connectivity index is 1.52. The van der Waals surface area contributed by atoms with Crippen LogP contribution in [0.2, 0.25) is 0 Å². The first-order chi connectivity index (χ1) is 18.2. The van der Waals surface area contributed by atoms with Crippen LogP contribution < -0.4 is 10.5 Å².